The first kappa shape index (κ1) is 22.6. The number of amides is 2. The first-order valence-corrected chi connectivity index (χ1v) is 11.5. The number of rotatable bonds is 7. The first-order valence-electron chi connectivity index (χ1n) is 11.5. The van der Waals surface area contributed by atoms with Crippen LogP contribution in [0.1, 0.15) is 53.2 Å². The number of carboxylic acid groups (broad SMARTS) is 1. The van der Waals surface area contributed by atoms with Crippen molar-refractivity contribution < 1.29 is 28.9 Å². The lowest BCUT2D eigenvalue weighted by Crippen LogP contribution is -2.34. The quantitative estimate of drug-likeness (QED) is 0.467. The van der Waals surface area contributed by atoms with E-state index in [9.17, 15) is 14.4 Å². The molecule has 1 aromatic heterocycles. The monoisotopic (exact) mass is 476 g/mol. The summed E-state index contributed by atoms with van der Waals surface area (Å²) < 4.78 is 10.2. The molecule has 3 N–H and O–H groups in total. The summed E-state index contributed by atoms with van der Waals surface area (Å²) in [4.78, 5) is 36.1. The van der Waals surface area contributed by atoms with E-state index in [-0.39, 0.29) is 42.4 Å². The Hall–Kier alpha value is -4.21. The molecule has 2 aromatic carbocycles. The van der Waals surface area contributed by atoms with Gasteiger partial charge in [0.2, 0.25) is 11.5 Å². The maximum atomic E-state index is 12.7. The molecule has 0 aliphatic heterocycles. The van der Waals surface area contributed by atoms with Crippen LogP contribution in [0, 0.1) is 5.92 Å². The third-order valence-electron chi connectivity index (χ3n) is 6.61. The van der Waals surface area contributed by atoms with E-state index in [1.54, 1.807) is 0 Å². The van der Waals surface area contributed by atoms with E-state index in [4.69, 9.17) is 9.84 Å². The zero-order valence-corrected chi connectivity index (χ0v) is 18.8. The molecule has 0 bridgehead atoms. The van der Waals surface area contributed by atoms with Crippen LogP contribution in [0.3, 0.4) is 0 Å². The van der Waals surface area contributed by atoms with Gasteiger partial charge in [-0.3, -0.25) is 14.9 Å². The highest BCUT2D eigenvalue weighted by atomic mass is 16.6. The van der Waals surface area contributed by atoms with Gasteiger partial charge >= 0.3 is 12.1 Å². The lowest BCUT2D eigenvalue weighted by Gasteiger charge is -2.14. The number of carbonyl (C=O) groups is 3. The summed E-state index contributed by atoms with van der Waals surface area (Å²) in [5.41, 5.74) is 4.24. The van der Waals surface area contributed by atoms with Crippen LogP contribution in [0.15, 0.2) is 53.2 Å². The van der Waals surface area contributed by atoms with E-state index >= 15 is 0 Å². The Morgan fingerprint density at radius 1 is 1.00 bits per heavy atom. The Morgan fingerprint density at radius 3 is 2.37 bits per heavy atom. The number of benzene rings is 2. The molecule has 0 spiro atoms. The standard InChI is InChI=1S/C25H24N4O6/c30-21(31)12-14-9-10-15(11-14)26-24(32)22-23(29-35-28-22)27-25(33)34-13-20-18-7-3-1-5-16(18)17-6-2-4-8-19(17)20/h1-8,14-15,20H,9-13H2,(H,26,32)(H,30,31)(H,27,29,33)/t14-,15+/m0/s1. The van der Waals surface area contributed by atoms with E-state index in [0.29, 0.717) is 12.8 Å². The van der Waals surface area contributed by atoms with Gasteiger partial charge in [0.15, 0.2) is 0 Å². The zero-order chi connectivity index (χ0) is 24.4. The summed E-state index contributed by atoms with van der Waals surface area (Å²) in [6.45, 7) is 0.111. The van der Waals surface area contributed by atoms with Gasteiger partial charge in [0.25, 0.3) is 5.91 Å². The predicted molar refractivity (Wildman–Crippen MR) is 124 cm³/mol. The molecule has 0 unspecified atom stereocenters. The van der Waals surface area contributed by atoms with Gasteiger partial charge in [-0.15, -0.1) is 0 Å². The average molecular weight is 476 g/mol. The predicted octanol–water partition coefficient (Wildman–Crippen LogP) is 3.80. The topological polar surface area (TPSA) is 144 Å². The van der Waals surface area contributed by atoms with Gasteiger partial charge in [-0.25, -0.2) is 9.42 Å². The van der Waals surface area contributed by atoms with Crippen molar-refractivity contribution in [2.45, 2.75) is 37.6 Å². The number of ether oxygens (including phenoxy) is 1. The van der Waals surface area contributed by atoms with Gasteiger partial charge < -0.3 is 15.2 Å². The summed E-state index contributed by atoms with van der Waals surface area (Å²) >= 11 is 0. The van der Waals surface area contributed by atoms with E-state index in [1.165, 1.54) is 0 Å². The van der Waals surface area contributed by atoms with Gasteiger partial charge in [-0.05, 0) is 57.7 Å². The fourth-order valence-electron chi connectivity index (χ4n) is 5.04. The van der Waals surface area contributed by atoms with Crippen LogP contribution in [-0.2, 0) is 9.53 Å². The first-order chi connectivity index (χ1) is 17.0. The molecule has 180 valence electrons. The molecule has 0 saturated heterocycles. The molecule has 2 aliphatic rings. The molecule has 1 saturated carbocycles. The van der Waals surface area contributed by atoms with Gasteiger partial charge in [0, 0.05) is 18.4 Å². The van der Waals surface area contributed by atoms with Gasteiger partial charge in [-0.1, -0.05) is 48.5 Å². The van der Waals surface area contributed by atoms with Crippen molar-refractivity contribution in [3.8, 4) is 11.1 Å². The highest BCUT2D eigenvalue weighted by Crippen LogP contribution is 2.44. The Kier molecular flexibility index (Phi) is 6.17. The summed E-state index contributed by atoms with van der Waals surface area (Å²) in [7, 11) is 0. The highest BCUT2D eigenvalue weighted by molar-refractivity contribution is 5.99. The third-order valence-corrected chi connectivity index (χ3v) is 6.61. The van der Waals surface area contributed by atoms with Crippen LogP contribution in [0.4, 0.5) is 10.6 Å². The SMILES string of the molecule is O=C(O)C[C@H]1CC[C@@H](NC(=O)c2nonc2NC(=O)OCC2c3ccccc3-c3ccccc32)C1. The zero-order valence-electron chi connectivity index (χ0n) is 18.8. The normalized spacial score (nSPS) is 18.5. The lowest BCUT2D eigenvalue weighted by atomic mass is 9.98. The van der Waals surface area contributed by atoms with Crippen molar-refractivity contribution in [3.63, 3.8) is 0 Å². The number of aromatic nitrogens is 2. The van der Waals surface area contributed by atoms with Crippen LogP contribution >= 0.6 is 0 Å². The number of anilines is 1. The average Bonchev–Trinajstić information content (AvgIpc) is 3.55. The van der Waals surface area contributed by atoms with Crippen molar-refractivity contribution in [1.29, 1.82) is 0 Å². The number of hydrogen-bond donors (Lipinski definition) is 3. The Balaban J connectivity index is 1.19. The molecule has 1 heterocycles. The smallest absolute Gasteiger partial charge is 0.412 e. The number of nitrogens with zero attached hydrogens (tertiary/aromatic N) is 2. The molecule has 2 aliphatic carbocycles. The minimum Gasteiger partial charge on any atom is -0.481 e. The fourth-order valence-corrected chi connectivity index (χ4v) is 5.04. The molecule has 35 heavy (non-hydrogen) atoms. The Bertz CT molecular complexity index is 1230. The van der Waals surface area contributed by atoms with Gasteiger partial charge in [-0.2, -0.15) is 0 Å². The summed E-state index contributed by atoms with van der Waals surface area (Å²) in [6.07, 6.45) is 1.26. The molecule has 3 aromatic rings. The second kappa shape index (κ2) is 9.57. The third kappa shape index (κ3) is 4.72. The van der Waals surface area contributed by atoms with Crippen LogP contribution in [0.2, 0.25) is 0 Å². The van der Waals surface area contributed by atoms with Crippen LogP contribution in [0.25, 0.3) is 11.1 Å². The fraction of sp³-hybridized carbons (Fsp3) is 0.320. The summed E-state index contributed by atoms with van der Waals surface area (Å²) in [6, 6.07) is 15.8. The second-order valence-electron chi connectivity index (χ2n) is 8.86. The van der Waals surface area contributed by atoms with Crippen molar-refractivity contribution in [2.24, 2.45) is 5.92 Å². The number of fused-ring (bicyclic) bond motifs is 3. The molecule has 2 atom stereocenters. The van der Waals surface area contributed by atoms with Crippen molar-refractivity contribution >= 4 is 23.8 Å². The summed E-state index contributed by atoms with van der Waals surface area (Å²) in [5, 5.41) is 21.4. The summed E-state index contributed by atoms with van der Waals surface area (Å²) in [5.74, 6) is -1.63. The number of nitrogens with one attached hydrogen (secondary N) is 2. The number of carbonyl (C=O) groups excluding carboxylic acids is 2. The molecule has 5 rings (SSSR count). The Labute approximate surface area is 200 Å². The maximum Gasteiger partial charge on any atom is 0.412 e. The van der Waals surface area contributed by atoms with Crippen LogP contribution in [0.5, 0.6) is 0 Å². The van der Waals surface area contributed by atoms with E-state index in [1.807, 2.05) is 36.4 Å². The molecule has 0 radical (unpaired) electrons. The molecule has 10 heteroatoms. The lowest BCUT2D eigenvalue weighted by molar-refractivity contribution is -0.138. The molecule has 2 amide bonds. The molecule has 10 nitrogen and oxygen atoms in total. The van der Waals surface area contributed by atoms with E-state index in [0.717, 1.165) is 28.7 Å². The largest absolute Gasteiger partial charge is 0.481 e. The van der Waals surface area contributed by atoms with Gasteiger partial charge in [0.05, 0.1) is 0 Å². The number of carboxylic acids is 1. The minimum absolute atomic E-state index is 0.0201. The number of hydrogen-bond acceptors (Lipinski definition) is 7. The van der Waals surface area contributed by atoms with Crippen LogP contribution in [-0.4, -0.2) is 46.0 Å². The minimum atomic E-state index is -0.850. The molecular weight excluding hydrogens is 452 g/mol. The second-order valence-corrected chi connectivity index (χ2v) is 8.86. The highest BCUT2D eigenvalue weighted by Gasteiger charge is 2.31. The van der Waals surface area contributed by atoms with Crippen molar-refractivity contribution in [2.75, 3.05) is 11.9 Å². The van der Waals surface area contributed by atoms with Gasteiger partial charge in [0.1, 0.15) is 6.61 Å². The van der Waals surface area contributed by atoms with E-state index in [2.05, 4.69) is 37.7 Å². The molecule has 1 fully saturated rings. The van der Waals surface area contributed by atoms with Crippen molar-refractivity contribution in [3.05, 3.63) is 65.4 Å². The number of aliphatic carboxylic acids is 1. The van der Waals surface area contributed by atoms with Crippen LogP contribution < -0.4 is 10.6 Å². The maximum absolute atomic E-state index is 12.7. The van der Waals surface area contributed by atoms with E-state index < -0.39 is 18.0 Å². The Morgan fingerprint density at radius 2 is 1.69 bits per heavy atom. The molecular formula is C25H24N4O6. The van der Waals surface area contributed by atoms with Crippen molar-refractivity contribution in [1.82, 2.24) is 15.6 Å².